The molecular weight excluding hydrogens is 332 g/mol. The molecule has 0 aliphatic carbocycles. The molecule has 0 saturated heterocycles. The Kier molecular flexibility index (Phi) is 4.17. The van der Waals surface area contributed by atoms with E-state index < -0.39 is 6.10 Å². The molecule has 1 heterocycles. The van der Waals surface area contributed by atoms with Crippen LogP contribution in [0.1, 0.15) is 29.7 Å². The van der Waals surface area contributed by atoms with Gasteiger partial charge in [-0.1, -0.05) is 34.1 Å². The van der Waals surface area contributed by atoms with Crippen molar-refractivity contribution in [2.45, 2.75) is 26.1 Å². The second-order valence-electron chi connectivity index (χ2n) is 5.15. The Morgan fingerprint density at radius 1 is 1.33 bits per heavy atom. The Morgan fingerprint density at radius 3 is 2.95 bits per heavy atom. The van der Waals surface area contributed by atoms with E-state index in [1.165, 1.54) is 5.56 Å². The van der Waals surface area contributed by atoms with E-state index in [4.69, 9.17) is 9.47 Å². The molecule has 1 atom stereocenters. The first-order valence-electron chi connectivity index (χ1n) is 6.99. The highest BCUT2D eigenvalue weighted by molar-refractivity contribution is 9.10. The smallest absolute Gasteiger partial charge is 0.129 e. The fourth-order valence-corrected chi connectivity index (χ4v) is 3.12. The standard InChI is InChI=1S/C17H17BrO3/c1-11(19)15-4-2-3-5-16(15)21-10-13-9-14(18)8-12-6-7-20-17(12)13/h2-5,8-9,11,19H,6-7,10H2,1H3/t11-/m1/s1. The molecule has 1 N–H and O–H groups in total. The van der Waals surface area contributed by atoms with Gasteiger partial charge in [0.25, 0.3) is 0 Å². The van der Waals surface area contributed by atoms with Crippen LogP contribution in [-0.4, -0.2) is 11.7 Å². The summed E-state index contributed by atoms with van der Waals surface area (Å²) < 4.78 is 12.6. The first-order chi connectivity index (χ1) is 10.1. The largest absolute Gasteiger partial charge is 0.493 e. The molecule has 0 fully saturated rings. The summed E-state index contributed by atoms with van der Waals surface area (Å²) in [5.74, 6) is 1.65. The molecule has 1 aliphatic heterocycles. The highest BCUT2D eigenvalue weighted by Gasteiger charge is 2.18. The summed E-state index contributed by atoms with van der Waals surface area (Å²) in [6.45, 7) is 2.89. The molecule has 110 valence electrons. The maximum absolute atomic E-state index is 9.79. The molecule has 3 rings (SSSR count). The molecular formula is C17H17BrO3. The number of rotatable bonds is 4. The lowest BCUT2D eigenvalue weighted by Crippen LogP contribution is -2.02. The molecule has 0 saturated carbocycles. The lowest BCUT2D eigenvalue weighted by molar-refractivity contribution is 0.190. The number of hydrogen-bond acceptors (Lipinski definition) is 3. The summed E-state index contributed by atoms with van der Waals surface area (Å²) in [6.07, 6.45) is 0.386. The third kappa shape index (κ3) is 3.06. The predicted molar refractivity (Wildman–Crippen MR) is 84.7 cm³/mol. The van der Waals surface area contributed by atoms with Crippen molar-refractivity contribution >= 4 is 15.9 Å². The number of ether oxygens (including phenoxy) is 2. The van der Waals surface area contributed by atoms with Gasteiger partial charge in [0.2, 0.25) is 0 Å². The number of benzene rings is 2. The van der Waals surface area contributed by atoms with Crippen LogP contribution >= 0.6 is 15.9 Å². The Bertz CT molecular complexity index is 652. The molecule has 0 unspecified atom stereocenters. The number of para-hydroxylation sites is 1. The summed E-state index contributed by atoms with van der Waals surface area (Å²) in [5, 5.41) is 9.79. The quantitative estimate of drug-likeness (QED) is 0.906. The van der Waals surface area contributed by atoms with Crippen LogP contribution in [0.5, 0.6) is 11.5 Å². The molecule has 0 radical (unpaired) electrons. The van der Waals surface area contributed by atoms with Gasteiger partial charge in [-0.15, -0.1) is 0 Å². The molecule has 21 heavy (non-hydrogen) atoms. The van der Waals surface area contributed by atoms with Gasteiger partial charge < -0.3 is 14.6 Å². The summed E-state index contributed by atoms with van der Waals surface area (Å²) in [6, 6.07) is 11.7. The number of aliphatic hydroxyl groups excluding tert-OH is 1. The van der Waals surface area contributed by atoms with E-state index in [-0.39, 0.29) is 0 Å². The number of aliphatic hydroxyl groups is 1. The summed E-state index contributed by atoms with van der Waals surface area (Å²) >= 11 is 3.53. The van der Waals surface area contributed by atoms with E-state index in [2.05, 4.69) is 22.0 Å². The van der Waals surface area contributed by atoms with E-state index in [9.17, 15) is 5.11 Å². The zero-order valence-corrected chi connectivity index (χ0v) is 13.4. The van der Waals surface area contributed by atoms with Gasteiger partial charge in [0.05, 0.1) is 12.7 Å². The zero-order valence-electron chi connectivity index (χ0n) is 11.8. The van der Waals surface area contributed by atoms with Crippen LogP contribution in [-0.2, 0) is 13.0 Å². The topological polar surface area (TPSA) is 38.7 Å². The molecule has 2 aromatic rings. The highest BCUT2D eigenvalue weighted by Crippen LogP contribution is 2.34. The lowest BCUT2D eigenvalue weighted by atomic mass is 10.1. The van der Waals surface area contributed by atoms with Crippen LogP contribution in [0, 0.1) is 0 Å². The van der Waals surface area contributed by atoms with E-state index >= 15 is 0 Å². The minimum atomic E-state index is -0.550. The molecule has 1 aliphatic rings. The van der Waals surface area contributed by atoms with Crippen LogP contribution in [0.3, 0.4) is 0 Å². The fraction of sp³-hybridized carbons (Fsp3) is 0.294. The average Bonchev–Trinajstić information content (AvgIpc) is 2.93. The number of halogens is 1. The first-order valence-corrected chi connectivity index (χ1v) is 7.78. The summed E-state index contributed by atoms with van der Waals surface area (Å²) in [5.41, 5.74) is 3.04. The van der Waals surface area contributed by atoms with Crippen molar-refractivity contribution in [1.82, 2.24) is 0 Å². The minimum Gasteiger partial charge on any atom is -0.493 e. The predicted octanol–water partition coefficient (Wildman–Crippen LogP) is 4.02. The molecule has 0 bridgehead atoms. The highest BCUT2D eigenvalue weighted by atomic mass is 79.9. The second kappa shape index (κ2) is 6.08. The Balaban J connectivity index is 1.83. The zero-order chi connectivity index (χ0) is 14.8. The SMILES string of the molecule is C[C@@H](O)c1ccccc1OCc1cc(Br)cc2c1OCC2. The molecule has 3 nitrogen and oxygen atoms in total. The van der Waals surface area contributed by atoms with E-state index in [1.54, 1.807) is 6.92 Å². The fourth-order valence-electron chi connectivity index (χ4n) is 2.57. The first kappa shape index (κ1) is 14.4. The molecule has 0 aromatic heterocycles. The van der Waals surface area contributed by atoms with Crippen molar-refractivity contribution < 1.29 is 14.6 Å². The molecule has 0 amide bonds. The maximum Gasteiger partial charge on any atom is 0.129 e. The van der Waals surface area contributed by atoms with Gasteiger partial charge in [-0.2, -0.15) is 0 Å². The van der Waals surface area contributed by atoms with Gasteiger partial charge in [0.15, 0.2) is 0 Å². The Hall–Kier alpha value is -1.52. The summed E-state index contributed by atoms with van der Waals surface area (Å²) in [4.78, 5) is 0. The van der Waals surface area contributed by atoms with Crippen LogP contribution < -0.4 is 9.47 Å². The van der Waals surface area contributed by atoms with Gasteiger partial charge in [0.1, 0.15) is 18.1 Å². The monoisotopic (exact) mass is 348 g/mol. The number of hydrogen-bond donors (Lipinski definition) is 1. The van der Waals surface area contributed by atoms with Crippen molar-refractivity contribution in [3.05, 3.63) is 57.6 Å². The third-order valence-electron chi connectivity index (χ3n) is 3.58. The lowest BCUT2D eigenvalue weighted by Gasteiger charge is -2.15. The maximum atomic E-state index is 9.79. The molecule has 0 spiro atoms. The average molecular weight is 349 g/mol. The van der Waals surface area contributed by atoms with Gasteiger partial charge in [-0.3, -0.25) is 0 Å². The molecule has 4 heteroatoms. The minimum absolute atomic E-state index is 0.422. The van der Waals surface area contributed by atoms with Gasteiger partial charge in [0, 0.05) is 22.0 Å². The van der Waals surface area contributed by atoms with Crippen molar-refractivity contribution in [2.24, 2.45) is 0 Å². The summed E-state index contributed by atoms with van der Waals surface area (Å²) in [7, 11) is 0. The van der Waals surface area contributed by atoms with Crippen LogP contribution in [0.25, 0.3) is 0 Å². The van der Waals surface area contributed by atoms with Gasteiger partial charge >= 0.3 is 0 Å². The van der Waals surface area contributed by atoms with Crippen LogP contribution in [0.2, 0.25) is 0 Å². The van der Waals surface area contributed by atoms with E-state index in [0.717, 1.165) is 34.4 Å². The van der Waals surface area contributed by atoms with Crippen LogP contribution in [0.4, 0.5) is 0 Å². The molecule has 2 aromatic carbocycles. The van der Waals surface area contributed by atoms with Crippen molar-refractivity contribution in [1.29, 1.82) is 0 Å². The second-order valence-corrected chi connectivity index (χ2v) is 6.07. The third-order valence-corrected chi connectivity index (χ3v) is 4.04. The van der Waals surface area contributed by atoms with Gasteiger partial charge in [-0.25, -0.2) is 0 Å². The van der Waals surface area contributed by atoms with Crippen molar-refractivity contribution in [3.63, 3.8) is 0 Å². The van der Waals surface area contributed by atoms with E-state index in [0.29, 0.717) is 12.4 Å². The van der Waals surface area contributed by atoms with Crippen molar-refractivity contribution in [3.8, 4) is 11.5 Å². The van der Waals surface area contributed by atoms with Crippen LogP contribution in [0.15, 0.2) is 40.9 Å². The van der Waals surface area contributed by atoms with E-state index in [1.807, 2.05) is 30.3 Å². The normalized spacial score (nSPS) is 14.4. The number of fused-ring (bicyclic) bond motifs is 1. The van der Waals surface area contributed by atoms with Gasteiger partial charge in [-0.05, 0) is 30.7 Å². The Morgan fingerprint density at radius 2 is 2.14 bits per heavy atom. The van der Waals surface area contributed by atoms with Crippen molar-refractivity contribution in [2.75, 3.05) is 6.61 Å². The Labute approximate surface area is 132 Å².